The molecule has 3 heterocycles. The minimum Gasteiger partial charge on any atom is -0.317 e. The Morgan fingerprint density at radius 2 is 2.18 bits per heavy atom. The van der Waals surface area contributed by atoms with Crippen molar-refractivity contribution in [2.75, 3.05) is 13.1 Å². The van der Waals surface area contributed by atoms with Crippen molar-refractivity contribution < 1.29 is 0 Å². The first kappa shape index (κ1) is 10.9. The predicted octanol–water partition coefficient (Wildman–Crippen LogP) is 1.48. The van der Waals surface area contributed by atoms with Gasteiger partial charge in [-0.25, -0.2) is 4.98 Å². The van der Waals surface area contributed by atoms with Gasteiger partial charge in [0.05, 0.1) is 6.33 Å². The van der Waals surface area contributed by atoms with E-state index in [2.05, 4.69) is 25.1 Å². The van der Waals surface area contributed by atoms with E-state index in [0.29, 0.717) is 11.1 Å². The SMILES string of the molecule is Clc1cc2ncn(CC3CCNCC3)c2nn1. The van der Waals surface area contributed by atoms with Gasteiger partial charge in [0, 0.05) is 12.6 Å². The van der Waals surface area contributed by atoms with Crippen molar-refractivity contribution >= 4 is 22.8 Å². The zero-order chi connectivity index (χ0) is 11.7. The van der Waals surface area contributed by atoms with E-state index in [1.807, 2.05) is 6.33 Å². The van der Waals surface area contributed by atoms with Gasteiger partial charge in [0.2, 0.25) is 0 Å². The van der Waals surface area contributed by atoms with Crippen LogP contribution in [0, 0.1) is 5.92 Å². The van der Waals surface area contributed by atoms with E-state index in [9.17, 15) is 0 Å². The number of imidazole rings is 1. The van der Waals surface area contributed by atoms with Crippen LogP contribution in [0.5, 0.6) is 0 Å². The van der Waals surface area contributed by atoms with Gasteiger partial charge in [-0.3, -0.25) is 0 Å². The Balaban J connectivity index is 1.84. The van der Waals surface area contributed by atoms with Crippen LogP contribution in [0.4, 0.5) is 0 Å². The number of hydrogen-bond donors (Lipinski definition) is 1. The average Bonchev–Trinajstić information content (AvgIpc) is 2.73. The maximum absolute atomic E-state index is 5.79. The summed E-state index contributed by atoms with van der Waals surface area (Å²) < 4.78 is 2.08. The Bertz CT molecular complexity index is 518. The van der Waals surface area contributed by atoms with Crippen molar-refractivity contribution in [1.82, 2.24) is 25.1 Å². The van der Waals surface area contributed by atoms with E-state index < -0.39 is 0 Å². The molecule has 0 aliphatic carbocycles. The van der Waals surface area contributed by atoms with Gasteiger partial charge in [0.1, 0.15) is 5.52 Å². The normalized spacial score (nSPS) is 17.7. The third-order valence-corrected chi connectivity index (χ3v) is 3.43. The van der Waals surface area contributed by atoms with E-state index in [1.54, 1.807) is 6.07 Å². The Morgan fingerprint density at radius 1 is 1.35 bits per heavy atom. The van der Waals surface area contributed by atoms with Gasteiger partial charge in [-0.2, -0.15) is 0 Å². The van der Waals surface area contributed by atoms with Gasteiger partial charge in [-0.05, 0) is 31.8 Å². The number of nitrogens with zero attached hydrogens (tertiary/aromatic N) is 4. The lowest BCUT2D eigenvalue weighted by Crippen LogP contribution is -2.29. The molecule has 0 saturated carbocycles. The predicted molar refractivity (Wildman–Crippen MR) is 65.9 cm³/mol. The smallest absolute Gasteiger partial charge is 0.182 e. The van der Waals surface area contributed by atoms with Crippen molar-refractivity contribution in [1.29, 1.82) is 0 Å². The molecular weight excluding hydrogens is 238 g/mol. The number of hydrogen-bond acceptors (Lipinski definition) is 4. The van der Waals surface area contributed by atoms with Gasteiger partial charge in [0.25, 0.3) is 0 Å². The van der Waals surface area contributed by atoms with Crippen LogP contribution in [0.15, 0.2) is 12.4 Å². The Labute approximate surface area is 104 Å². The van der Waals surface area contributed by atoms with E-state index in [1.165, 1.54) is 12.8 Å². The zero-order valence-corrected chi connectivity index (χ0v) is 10.2. The minimum atomic E-state index is 0.393. The lowest BCUT2D eigenvalue weighted by atomic mass is 9.98. The molecule has 0 unspecified atom stereocenters. The molecular formula is C11H14ClN5. The minimum absolute atomic E-state index is 0.393. The Morgan fingerprint density at radius 3 is 3.00 bits per heavy atom. The summed E-state index contributed by atoms with van der Waals surface area (Å²) in [5.41, 5.74) is 1.65. The lowest BCUT2D eigenvalue weighted by Gasteiger charge is -2.22. The number of aromatic nitrogens is 4. The molecule has 0 amide bonds. The van der Waals surface area contributed by atoms with E-state index >= 15 is 0 Å². The molecule has 0 aromatic carbocycles. The number of rotatable bonds is 2. The monoisotopic (exact) mass is 251 g/mol. The third kappa shape index (κ3) is 2.25. The Kier molecular flexibility index (Phi) is 2.94. The molecule has 1 N–H and O–H groups in total. The van der Waals surface area contributed by atoms with E-state index in [-0.39, 0.29) is 0 Å². The fraction of sp³-hybridized carbons (Fsp3) is 0.545. The molecule has 0 spiro atoms. The molecule has 0 bridgehead atoms. The lowest BCUT2D eigenvalue weighted by molar-refractivity contribution is 0.335. The fourth-order valence-corrected chi connectivity index (χ4v) is 2.46. The second kappa shape index (κ2) is 4.58. The van der Waals surface area contributed by atoms with Crippen molar-refractivity contribution in [3.63, 3.8) is 0 Å². The first-order chi connectivity index (χ1) is 8.33. The first-order valence-electron chi connectivity index (χ1n) is 5.88. The van der Waals surface area contributed by atoms with Crippen LogP contribution in [0.2, 0.25) is 5.15 Å². The summed E-state index contributed by atoms with van der Waals surface area (Å²) in [5, 5.41) is 11.7. The largest absolute Gasteiger partial charge is 0.317 e. The van der Waals surface area contributed by atoms with E-state index in [4.69, 9.17) is 11.6 Å². The zero-order valence-electron chi connectivity index (χ0n) is 9.43. The fourth-order valence-electron chi connectivity index (χ4n) is 2.31. The van der Waals surface area contributed by atoms with Gasteiger partial charge >= 0.3 is 0 Å². The van der Waals surface area contributed by atoms with Crippen molar-refractivity contribution in [2.45, 2.75) is 19.4 Å². The summed E-state index contributed by atoms with van der Waals surface area (Å²) in [7, 11) is 0. The molecule has 1 aliphatic rings. The molecule has 1 saturated heterocycles. The molecule has 6 heteroatoms. The maximum Gasteiger partial charge on any atom is 0.182 e. The molecule has 1 aliphatic heterocycles. The highest BCUT2D eigenvalue weighted by Gasteiger charge is 2.15. The van der Waals surface area contributed by atoms with Crippen molar-refractivity contribution in [2.24, 2.45) is 5.92 Å². The molecule has 90 valence electrons. The van der Waals surface area contributed by atoms with Gasteiger partial charge in [0.15, 0.2) is 10.8 Å². The summed E-state index contributed by atoms with van der Waals surface area (Å²) in [6.07, 6.45) is 4.25. The molecule has 0 radical (unpaired) electrons. The van der Waals surface area contributed by atoms with Crippen molar-refractivity contribution in [3.05, 3.63) is 17.5 Å². The summed E-state index contributed by atoms with van der Waals surface area (Å²) in [6.45, 7) is 3.18. The molecule has 17 heavy (non-hydrogen) atoms. The van der Waals surface area contributed by atoms with Crippen molar-refractivity contribution in [3.8, 4) is 0 Å². The molecule has 0 atom stereocenters. The third-order valence-electron chi connectivity index (χ3n) is 3.25. The highest BCUT2D eigenvalue weighted by molar-refractivity contribution is 6.29. The molecule has 2 aromatic rings. The summed E-state index contributed by atoms with van der Waals surface area (Å²) >= 11 is 5.79. The van der Waals surface area contributed by atoms with Gasteiger partial charge < -0.3 is 9.88 Å². The van der Waals surface area contributed by atoms with Crippen LogP contribution in [0.25, 0.3) is 11.2 Å². The quantitative estimate of drug-likeness (QED) is 0.879. The summed E-state index contributed by atoms with van der Waals surface area (Å²) in [6, 6.07) is 1.75. The van der Waals surface area contributed by atoms with Crippen LogP contribution in [0.3, 0.4) is 0 Å². The second-order valence-electron chi connectivity index (χ2n) is 4.47. The molecule has 5 nitrogen and oxygen atoms in total. The number of nitrogens with one attached hydrogen (secondary N) is 1. The highest BCUT2D eigenvalue weighted by Crippen LogP contribution is 2.18. The number of fused-ring (bicyclic) bond motifs is 1. The number of halogens is 1. The van der Waals surface area contributed by atoms with Crippen LogP contribution in [0.1, 0.15) is 12.8 Å². The van der Waals surface area contributed by atoms with Crippen LogP contribution < -0.4 is 5.32 Å². The summed E-state index contributed by atoms with van der Waals surface area (Å²) in [4.78, 5) is 4.31. The molecule has 2 aromatic heterocycles. The maximum atomic E-state index is 5.79. The average molecular weight is 252 g/mol. The first-order valence-corrected chi connectivity index (χ1v) is 6.25. The van der Waals surface area contributed by atoms with Gasteiger partial charge in [-0.15, -0.1) is 10.2 Å². The topological polar surface area (TPSA) is 55.6 Å². The molecule has 1 fully saturated rings. The summed E-state index contributed by atoms with van der Waals surface area (Å²) in [5.74, 6) is 0.700. The van der Waals surface area contributed by atoms with Crippen LogP contribution in [-0.2, 0) is 6.54 Å². The Hall–Kier alpha value is -1.20. The van der Waals surface area contributed by atoms with E-state index in [0.717, 1.165) is 30.8 Å². The molecule has 3 rings (SSSR count). The standard InChI is InChI=1S/C11H14ClN5/c12-10-5-9-11(16-15-10)17(7-14-9)6-8-1-3-13-4-2-8/h5,7-8,13H,1-4,6H2. The van der Waals surface area contributed by atoms with Crippen LogP contribution in [-0.4, -0.2) is 32.8 Å². The van der Waals surface area contributed by atoms with Gasteiger partial charge in [-0.1, -0.05) is 11.6 Å². The highest BCUT2D eigenvalue weighted by atomic mass is 35.5. The second-order valence-corrected chi connectivity index (χ2v) is 4.85. The van der Waals surface area contributed by atoms with Crippen LogP contribution >= 0.6 is 11.6 Å². The number of piperidine rings is 1.